The first kappa shape index (κ1) is 13.2. The van der Waals surface area contributed by atoms with Crippen LogP contribution in [-0.4, -0.2) is 27.4 Å². The maximum atomic E-state index is 13.1. The lowest BCUT2D eigenvalue weighted by atomic mass is 9.95. The molecule has 106 valence electrons. The molecule has 5 heteroatoms. The number of nitrogens with zero attached hydrogens (tertiary/aromatic N) is 3. The van der Waals surface area contributed by atoms with Gasteiger partial charge in [-0.05, 0) is 30.5 Å². The molecular weight excluding hydrogens is 255 g/mol. The second kappa shape index (κ2) is 5.71. The highest BCUT2D eigenvalue weighted by Crippen LogP contribution is 2.23. The van der Waals surface area contributed by atoms with Gasteiger partial charge in [-0.1, -0.05) is 12.1 Å². The summed E-state index contributed by atoms with van der Waals surface area (Å²) in [6.07, 6.45) is 4.91. The summed E-state index contributed by atoms with van der Waals surface area (Å²) in [5.74, 6) is 1.05. The van der Waals surface area contributed by atoms with Gasteiger partial charge in [-0.3, -0.25) is 4.68 Å². The van der Waals surface area contributed by atoms with E-state index >= 15 is 0 Å². The molecule has 0 aliphatic heterocycles. The second-order valence-corrected chi connectivity index (χ2v) is 5.43. The Balaban J connectivity index is 1.75. The smallest absolute Gasteiger partial charge is 0.138 e. The zero-order chi connectivity index (χ0) is 13.9. The average molecular weight is 274 g/mol. The van der Waals surface area contributed by atoms with E-state index in [0.717, 1.165) is 24.4 Å². The monoisotopic (exact) mass is 274 g/mol. The first-order chi connectivity index (χ1) is 9.72. The van der Waals surface area contributed by atoms with Gasteiger partial charge in [0, 0.05) is 32.0 Å². The predicted molar refractivity (Wildman–Crippen MR) is 74.9 cm³/mol. The molecule has 0 bridgehead atoms. The van der Waals surface area contributed by atoms with Gasteiger partial charge in [-0.15, -0.1) is 0 Å². The zero-order valence-electron chi connectivity index (χ0n) is 11.6. The lowest BCUT2D eigenvalue weighted by Gasteiger charge is -2.17. The molecule has 1 aliphatic rings. The summed E-state index contributed by atoms with van der Waals surface area (Å²) < 4.78 is 14.9. The number of hydrogen-bond donors (Lipinski definition) is 1. The molecule has 20 heavy (non-hydrogen) atoms. The van der Waals surface area contributed by atoms with Crippen molar-refractivity contribution in [3.05, 3.63) is 47.8 Å². The van der Waals surface area contributed by atoms with E-state index in [9.17, 15) is 4.39 Å². The molecule has 0 spiro atoms. The van der Waals surface area contributed by atoms with Crippen molar-refractivity contribution in [3.8, 4) is 0 Å². The van der Waals surface area contributed by atoms with E-state index < -0.39 is 0 Å². The Kier molecular flexibility index (Phi) is 3.78. The molecule has 0 radical (unpaired) electrons. The lowest BCUT2D eigenvalue weighted by molar-refractivity contribution is 0.549. The van der Waals surface area contributed by atoms with Crippen LogP contribution in [0.3, 0.4) is 0 Å². The van der Waals surface area contributed by atoms with E-state index in [0.29, 0.717) is 12.0 Å². The molecule has 1 heterocycles. The summed E-state index contributed by atoms with van der Waals surface area (Å²) in [7, 11) is 1.90. The number of hydrogen-bond acceptors (Lipinski definition) is 3. The maximum Gasteiger partial charge on any atom is 0.138 e. The molecule has 1 aromatic heterocycles. The van der Waals surface area contributed by atoms with E-state index in [1.54, 1.807) is 11.0 Å². The number of halogens is 1. The normalized spacial score (nSPS) is 16.3. The Morgan fingerprint density at radius 3 is 2.70 bits per heavy atom. The van der Waals surface area contributed by atoms with Crippen molar-refractivity contribution in [2.75, 3.05) is 6.54 Å². The summed E-state index contributed by atoms with van der Waals surface area (Å²) in [4.78, 5) is 4.29. The topological polar surface area (TPSA) is 42.7 Å². The number of aromatic nitrogens is 3. The molecule has 1 fully saturated rings. The third kappa shape index (κ3) is 3.22. The van der Waals surface area contributed by atoms with Crippen molar-refractivity contribution in [3.63, 3.8) is 0 Å². The van der Waals surface area contributed by atoms with Gasteiger partial charge in [-0.25, -0.2) is 9.37 Å². The molecule has 4 nitrogen and oxygen atoms in total. The molecule has 1 unspecified atom stereocenters. The van der Waals surface area contributed by atoms with Crippen LogP contribution in [0.15, 0.2) is 30.6 Å². The number of nitrogens with one attached hydrogen (secondary N) is 1. The standard InChI is InChI=1S/C15H19FN4/c1-20-15(18-10-19-20)8-12(9-17-14-6-7-14)11-2-4-13(16)5-3-11/h2-5,10,12,14,17H,6-9H2,1H3. The fraction of sp³-hybridized carbons (Fsp3) is 0.467. The van der Waals surface area contributed by atoms with Gasteiger partial charge in [0.25, 0.3) is 0 Å². The molecule has 1 aliphatic carbocycles. The summed E-state index contributed by atoms with van der Waals surface area (Å²) in [6, 6.07) is 7.44. The van der Waals surface area contributed by atoms with Crippen LogP contribution in [0.2, 0.25) is 0 Å². The molecule has 1 atom stereocenters. The fourth-order valence-electron chi connectivity index (χ4n) is 2.36. The van der Waals surface area contributed by atoms with Gasteiger partial charge >= 0.3 is 0 Å². The Hall–Kier alpha value is -1.75. The van der Waals surface area contributed by atoms with Crippen molar-refractivity contribution in [2.24, 2.45) is 7.05 Å². The van der Waals surface area contributed by atoms with Crippen molar-refractivity contribution in [1.82, 2.24) is 20.1 Å². The highest BCUT2D eigenvalue weighted by molar-refractivity contribution is 5.22. The third-order valence-corrected chi connectivity index (χ3v) is 3.81. The molecule has 1 saturated carbocycles. The van der Waals surface area contributed by atoms with Crippen molar-refractivity contribution in [1.29, 1.82) is 0 Å². The third-order valence-electron chi connectivity index (χ3n) is 3.81. The Bertz CT molecular complexity index is 560. The van der Waals surface area contributed by atoms with Crippen LogP contribution in [0.4, 0.5) is 4.39 Å². The molecule has 3 rings (SSSR count). The van der Waals surface area contributed by atoms with E-state index in [-0.39, 0.29) is 5.82 Å². The zero-order valence-corrected chi connectivity index (χ0v) is 11.6. The van der Waals surface area contributed by atoms with E-state index in [4.69, 9.17) is 0 Å². The fourth-order valence-corrected chi connectivity index (χ4v) is 2.36. The van der Waals surface area contributed by atoms with E-state index in [1.165, 1.54) is 25.0 Å². The largest absolute Gasteiger partial charge is 0.313 e. The minimum atomic E-state index is -0.193. The van der Waals surface area contributed by atoms with Crippen LogP contribution in [-0.2, 0) is 13.5 Å². The first-order valence-corrected chi connectivity index (χ1v) is 7.04. The van der Waals surface area contributed by atoms with Gasteiger partial charge in [0.1, 0.15) is 18.0 Å². The van der Waals surface area contributed by atoms with Crippen molar-refractivity contribution < 1.29 is 4.39 Å². The first-order valence-electron chi connectivity index (χ1n) is 7.04. The van der Waals surface area contributed by atoms with Crippen LogP contribution < -0.4 is 5.32 Å². The summed E-state index contributed by atoms with van der Waals surface area (Å²) in [5, 5.41) is 7.66. The molecule has 2 aromatic rings. The van der Waals surface area contributed by atoms with E-state index in [2.05, 4.69) is 15.4 Å². The van der Waals surface area contributed by atoms with E-state index in [1.807, 2.05) is 19.2 Å². The molecule has 1 N–H and O–H groups in total. The molecule has 1 aromatic carbocycles. The molecular formula is C15H19FN4. The van der Waals surface area contributed by atoms with Gasteiger partial charge in [0.15, 0.2) is 0 Å². The van der Waals surface area contributed by atoms with Crippen LogP contribution in [0.1, 0.15) is 30.1 Å². The van der Waals surface area contributed by atoms with Crippen molar-refractivity contribution in [2.45, 2.75) is 31.2 Å². The minimum absolute atomic E-state index is 0.193. The number of aryl methyl sites for hydroxylation is 1. The quantitative estimate of drug-likeness (QED) is 0.876. The minimum Gasteiger partial charge on any atom is -0.313 e. The second-order valence-electron chi connectivity index (χ2n) is 5.43. The number of rotatable bonds is 6. The molecule has 0 amide bonds. The van der Waals surface area contributed by atoms with Crippen LogP contribution in [0, 0.1) is 5.82 Å². The number of benzene rings is 1. The van der Waals surface area contributed by atoms with Crippen LogP contribution in [0.5, 0.6) is 0 Å². The van der Waals surface area contributed by atoms with Gasteiger partial charge in [0.2, 0.25) is 0 Å². The SMILES string of the molecule is Cn1ncnc1CC(CNC1CC1)c1ccc(F)cc1. The lowest BCUT2D eigenvalue weighted by Crippen LogP contribution is -2.25. The summed E-state index contributed by atoms with van der Waals surface area (Å²) >= 11 is 0. The highest BCUT2D eigenvalue weighted by Gasteiger charge is 2.23. The Labute approximate surface area is 118 Å². The summed E-state index contributed by atoms with van der Waals surface area (Å²) in [5.41, 5.74) is 1.14. The van der Waals surface area contributed by atoms with Gasteiger partial charge in [0.05, 0.1) is 0 Å². The maximum absolute atomic E-state index is 13.1. The van der Waals surface area contributed by atoms with Gasteiger partial charge < -0.3 is 5.32 Å². The van der Waals surface area contributed by atoms with Crippen molar-refractivity contribution >= 4 is 0 Å². The Morgan fingerprint density at radius 2 is 2.10 bits per heavy atom. The highest BCUT2D eigenvalue weighted by atomic mass is 19.1. The van der Waals surface area contributed by atoms with Gasteiger partial charge in [-0.2, -0.15) is 5.10 Å². The summed E-state index contributed by atoms with van der Waals surface area (Å²) in [6.45, 7) is 0.892. The molecule has 0 saturated heterocycles. The Morgan fingerprint density at radius 1 is 1.35 bits per heavy atom. The predicted octanol–water partition coefficient (Wildman–Crippen LogP) is 2.03. The van der Waals surface area contributed by atoms with Crippen LogP contribution >= 0.6 is 0 Å². The van der Waals surface area contributed by atoms with Crippen LogP contribution in [0.25, 0.3) is 0 Å². The average Bonchev–Trinajstić information content (AvgIpc) is 3.19.